The third-order valence-corrected chi connectivity index (χ3v) is 4.34. The third kappa shape index (κ3) is 1.72. The van der Waals surface area contributed by atoms with E-state index in [1.807, 2.05) is 12.3 Å². The van der Waals surface area contributed by atoms with Gasteiger partial charge in [0.25, 0.3) is 0 Å². The summed E-state index contributed by atoms with van der Waals surface area (Å²) in [6.07, 6.45) is 5.28. The molecular weight excluding hydrogens is 224 g/mol. The summed E-state index contributed by atoms with van der Waals surface area (Å²) in [5.74, 6) is 1.13. The van der Waals surface area contributed by atoms with Crippen molar-refractivity contribution in [2.24, 2.45) is 0 Å². The summed E-state index contributed by atoms with van der Waals surface area (Å²) in [7, 11) is 0. The van der Waals surface area contributed by atoms with E-state index < -0.39 is 0 Å². The molecule has 3 rings (SSSR count). The maximum absolute atomic E-state index is 4.75. The van der Waals surface area contributed by atoms with Gasteiger partial charge in [0.05, 0.1) is 5.52 Å². The minimum Gasteiger partial charge on any atom is -0.340 e. The van der Waals surface area contributed by atoms with Gasteiger partial charge in [-0.3, -0.25) is 0 Å². The molecule has 1 aliphatic rings. The molecule has 3 heterocycles. The predicted molar refractivity (Wildman–Crippen MR) is 72.7 cm³/mol. The van der Waals surface area contributed by atoms with Crippen LogP contribution in [0.1, 0.15) is 37.6 Å². The Labute approximate surface area is 107 Å². The lowest BCUT2D eigenvalue weighted by atomic mass is 9.76. The van der Waals surface area contributed by atoms with Gasteiger partial charge in [0.1, 0.15) is 5.82 Å². The van der Waals surface area contributed by atoms with Gasteiger partial charge in [-0.2, -0.15) is 0 Å². The second-order valence-electron chi connectivity index (χ2n) is 5.30. The molecule has 4 heteroatoms. The zero-order valence-electron chi connectivity index (χ0n) is 11.1. The highest BCUT2D eigenvalue weighted by Gasteiger charge is 2.35. The molecule has 0 aromatic carbocycles. The number of imidazole rings is 1. The first-order valence-corrected chi connectivity index (χ1v) is 6.78. The number of rotatable bonds is 2. The van der Waals surface area contributed by atoms with Gasteiger partial charge in [0, 0.05) is 11.6 Å². The fraction of sp³-hybridized carbons (Fsp3) is 0.571. The normalized spacial score (nSPS) is 19.2. The number of nitrogens with one attached hydrogen (secondary N) is 2. The zero-order chi connectivity index (χ0) is 12.6. The quantitative estimate of drug-likeness (QED) is 0.852. The number of nitrogens with zero attached hydrogens (tertiary/aromatic N) is 2. The van der Waals surface area contributed by atoms with Crippen LogP contribution in [0.3, 0.4) is 0 Å². The lowest BCUT2D eigenvalue weighted by Crippen LogP contribution is -2.40. The number of aromatic amines is 1. The topological polar surface area (TPSA) is 53.6 Å². The summed E-state index contributed by atoms with van der Waals surface area (Å²) in [6, 6.07) is 2.03. The fourth-order valence-electron chi connectivity index (χ4n) is 2.95. The van der Waals surface area contributed by atoms with Gasteiger partial charge >= 0.3 is 0 Å². The van der Waals surface area contributed by atoms with Gasteiger partial charge < -0.3 is 10.3 Å². The van der Waals surface area contributed by atoms with Crippen molar-refractivity contribution in [3.8, 4) is 0 Å². The van der Waals surface area contributed by atoms with Crippen LogP contribution in [0.25, 0.3) is 11.2 Å². The van der Waals surface area contributed by atoms with Crippen molar-refractivity contribution >= 4 is 11.2 Å². The Bertz CT molecular complexity index is 552. The second kappa shape index (κ2) is 4.35. The van der Waals surface area contributed by atoms with Crippen molar-refractivity contribution in [2.75, 3.05) is 13.1 Å². The van der Waals surface area contributed by atoms with E-state index in [9.17, 15) is 0 Å². The molecule has 0 atom stereocenters. The van der Waals surface area contributed by atoms with E-state index in [0.29, 0.717) is 0 Å². The van der Waals surface area contributed by atoms with E-state index in [4.69, 9.17) is 4.98 Å². The average Bonchev–Trinajstić information content (AvgIpc) is 2.85. The van der Waals surface area contributed by atoms with Gasteiger partial charge in [-0.1, -0.05) is 6.92 Å². The summed E-state index contributed by atoms with van der Waals surface area (Å²) in [5.41, 5.74) is 3.38. The molecule has 0 radical (unpaired) electrons. The summed E-state index contributed by atoms with van der Waals surface area (Å²) in [4.78, 5) is 12.6. The molecule has 2 aromatic rings. The van der Waals surface area contributed by atoms with Crippen molar-refractivity contribution in [1.82, 2.24) is 20.3 Å². The molecule has 18 heavy (non-hydrogen) atoms. The van der Waals surface area contributed by atoms with Crippen LogP contribution in [0.15, 0.2) is 12.3 Å². The molecule has 2 aromatic heterocycles. The predicted octanol–water partition coefficient (Wildman–Crippen LogP) is 2.30. The Balaban J connectivity index is 2.09. The standard InChI is InChI=1S/C14H20N4/c1-3-14(5-8-15-9-6-14)13-17-11-10(2)4-7-16-12(11)18-13/h4,7,15H,3,5-6,8-9H2,1-2H3,(H,16,17,18). The maximum atomic E-state index is 4.75. The Morgan fingerprint density at radius 3 is 2.78 bits per heavy atom. The van der Waals surface area contributed by atoms with Crippen molar-refractivity contribution in [3.05, 3.63) is 23.7 Å². The maximum Gasteiger partial charge on any atom is 0.177 e. The van der Waals surface area contributed by atoms with Crippen LogP contribution >= 0.6 is 0 Å². The number of aryl methyl sites for hydroxylation is 1. The van der Waals surface area contributed by atoms with Crippen LogP contribution in [0.4, 0.5) is 0 Å². The largest absolute Gasteiger partial charge is 0.340 e. The Kier molecular flexibility index (Phi) is 2.82. The van der Waals surface area contributed by atoms with Crippen molar-refractivity contribution < 1.29 is 0 Å². The van der Waals surface area contributed by atoms with E-state index in [0.717, 1.165) is 49.3 Å². The molecule has 4 nitrogen and oxygen atoms in total. The lowest BCUT2D eigenvalue weighted by molar-refractivity contribution is 0.285. The van der Waals surface area contributed by atoms with Gasteiger partial charge in [0.2, 0.25) is 0 Å². The first kappa shape index (κ1) is 11.7. The van der Waals surface area contributed by atoms with Crippen LogP contribution in [0.5, 0.6) is 0 Å². The van der Waals surface area contributed by atoms with Crippen LogP contribution in [-0.2, 0) is 5.41 Å². The van der Waals surface area contributed by atoms with Crippen molar-refractivity contribution in [1.29, 1.82) is 0 Å². The molecule has 0 amide bonds. The number of pyridine rings is 1. The van der Waals surface area contributed by atoms with Gasteiger partial charge in [-0.15, -0.1) is 0 Å². The molecule has 0 bridgehead atoms. The highest BCUT2D eigenvalue weighted by molar-refractivity contribution is 5.74. The number of H-pyrrole nitrogens is 1. The van der Waals surface area contributed by atoms with Crippen molar-refractivity contribution in [2.45, 2.75) is 38.5 Å². The molecule has 1 fully saturated rings. The molecule has 96 valence electrons. The minimum atomic E-state index is 0.207. The summed E-state index contributed by atoms with van der Waals surface area (Å²) < 4.78 is 0. The summed E-state index contributed by atoms with van der Waals surface area (Å²) in [6.45, 7) is 6.53. The van der Waals surface area contributed by atoms with Crippen LogP contribution in [-0.4, -0.2) is 28.0 Å². The molecule has 0 saturated carbocycles. The molecular formula is C14H20N4. The molecule has 1 saturated heterocycles. The number of piperidine rings is 1. The van der Waals surface area contributed by atoms with E-state index in [-0.39, 0.29) is 5.41 Å². The number of hydrogen-bond acceptors (Lipinski definition) is 3. The van der Waals surface area contributed by atoms with Gasteiger partial charge in [0.15, 0.2) is 5.65 Å². The van der Waals surface area contributed by atoms with E-state index in [2.05, 4.69) is 29.1 Å². The summed E-state index contributed by atoms with van der Waals surface area (Å²) in [5, 5.41) is 3.43. The fourth-order valence-corrected chi connectivity index (χ4v) is 2.95. The van der Waals surface area contributed by atoms with E-state index >= 15 is 0 Å². The molecule has 0 unspecified atom stereocenters. The second-order valence-corrected chi connectivity index (χ2v) is 5.30. The molecule has 0 aliphatic carbocycles. The Hall–Kier alpha value is -1.42. The average molecular weight is 244 g/mol. The van der Waals surface area contributed by atoms with Gasteiger partial charge in [-0.05, 0) is 50.9 Å². The SMILES string of the molecule is CCC1(c2nc3nccc(C)c3[nH]2)CCNCC1. The summed E-state index contributed by atoms with van der Waals surface area (Å²) >= 11 is 0. The third-order valence-electron chi connectivity index (χ3n) is 4.34. The lowest BCUT2D eigenvalue weighted by Gasteiger charge is -2.34. The molecule has 2 N–H and O–H groups in total. The van der Waals surface area contributed by atoms with Crippen LogP contribution in [0, 0.1) is 6.92 Å². The monoisotopic (exact) mass is 244 g/mol. The highest BCUT2D eigenvalue weighted by atomic mass is 15.0. The first-order chi connectivity index (χ1) is 8.75. The highest BCUT2D eigenvalue weighted by Crippen LogP contribution is 2.35. The van der Waals surface area contributed by atoms with Crippen LogP contribution in [0.2, 0.25) is 0 Å². The van der Waals surface area contributed by atoms with Gasteiger partial charge in [-0.25, -0.2) is 9.97 Å². The zero-order valence-corrected chi connectivity index (χ0v) is 11.1. The van der Waals surface area contributed by atoms with Crippen LogP contribution < -0.4 is 5.32 Å². The Morgan fingerprint density at radius 1 is 1.33 bits per heavy atom. The van der Waals surface area contributed by atoms with E-state index in [1.165, 1.54) is 5.56 Å². The number of fused-ring (bicyclic) bond motifs is 1. The minimum absolute atomic E-state index is 0.207. The van der Waals surface area contributed by atoms with E-state index in [1.54, 1.807) is 0 Å². The number of hydrogen-bond donors (Lipinski definition) is 2. The molecule has 0 spiro atoms. The molecule has 1 aliphatic heterocycles. The smallest absolute Gasteiger partial charge is 0.177 e. The number of aromatic nitrogens is 3. The van der Waals surface area contributed by atoms with Crippen molar-refractivity contribution in [3.63, 3.8) is 0 Å². The first-order valence-electron chi connectivity index (χ1n) is 6.78. The Morgan fingerprint density at radius 2 is 2.11 bits per heavy atom.